The molecule has 6 heteroatoms. The number of rotatable bonds is 5. The first kappa shape index (κ1) is 20.6. The van der Waals surface area contributed by atoms with Crippen molar-refractivity contribution in [2.45, 2.75) is 38.7 Å². The van der Waals surface area contributed by atoms with Crippen molar-refractivity contribution < 1.29 is 19.0 Å². The minimum absolute atomic E-state index is 0.00237. The summed E-state index contributed by atoms with van der Waals surface area (Å²) in [5.41, 5.74) is 4.19. The van der Waals surface area contributed by atoms with Crippen LogP contribution in [0.4, 0.5) is 5.69 Å². The molecule has 1 aliphatic heterocycles. The standard InChI is InChI=1S/C26H28N2O4/c1-2-30-26(29)17-3-8-21(9-4-17)32-25-12-7-20-15-18(5-10-22(20)28-25)19-6-11-23-24(16-19)31-14-13-27-23/h5-7,10-12,15-17,21,27H,2-4,8-9,13-14H2,1H3. The maximum atomic E-state index is 11.9. The number of fused-ring (bicyclic) bond motifs is 2. The van der Waals surface area contributed by atoms with Gasteiger partial charge in [-0.25, -0.2) is 4.98 Å². The summed E-state index contributed by atoms with van der Waals surface area (Å²) in [6.07, 6.45) is 3.39. The third-order valence-corrected chi connectivity index (χ3v) is 6.24. The molecule has 1 saturated carbocycles. The van der Waals surface area contributed by atoms with Crippen molar-refractivity contribution in [1.82, 2.24) is 4.98 Å². The predicted octanol–water partition coefficient (Wildman–Crippen LogP) is 5.21. The van der Waals surface area contributed by atoms with Crippen LogP contribution in [0.5, 0.6) is 11.6 Å². The van der Waals surface area contributed by atoms with E-state index in [1.807, 2.05) is 19.1 Å². The van der Waals surface area contributed by atoms with E-state index in [1.54, 1.807) is 0 Å². The van der Waals surface area contributed by atoms with E-state index >= 15 is 0 Å². The van der Waals surface area contributed by atoms with Crippen molar-refractivity contribution in [3.8, 4) is 22.8 Å². The fourth-order valence-corrected chi connectivity index (χ4v) is 4.51. The average Bonchev–Trinajstić information content (AvgIpc) is 2.84. The van der Waals surface area contributed by atoms with Crippen molar-refractivity contribution in [1.29, 1.82) is 0 Å². The Hall–Kier alpha value is -3.28. The van der Waals surface area contributed by atoms with Gasteiger partial charge < -0.3 is 19.5 Å². The van der Waals surface area contributed by atoms with Crippen LogP contribution in [0.15, 0.2) is 48.5 Å². The van der Waals surface area contributed by atoms with Crippen molar-refractivity contribution in [2.75, 3.05) is 25.1 Å². The number of nitrogens with zero attached hydrogens (tertiary/aromatic N) is 1. The molecule has 2 heterocycles. The zero-order valence-corrected chi connectivity index (χ0v) is 18.3. The number of anilines is 1. The smallest absolute Gasteiger partial charge is 0.308 e. The van der Waals surface area contributed by atoms with E-state index in [2.05, 4.69) is 41.7 Å². The molecule has 0 spiro atoms. The predicted molar refractivity (Wildman–Crippen MR) is 124 cm³/mol. The van der Waals surface area contributed by atoms with Crippen LogP contribution in [0.2, 0.25) is 0 Å². The molecule has 6 nitrogen and oxygen atoms in total. The van der Waals surface area contributed by atoms with Gasteiger partial charge in [-0.05, 0) is 74.1 Å². The van der Waals surface area contributed by atoms with Crippen molar-refractivity contribution in [3.05, 3.63) is 48.5 Å². The largest absolute Gasteiger partial charge is 0.490 e. The lowest BCUT2D eigenvalue weighted by molar-refractivity contribution is -0.149. The van der Waals surface area contributed by atoms with E-state index in [1.165, 1.54) is 0 Å². The van der Waals surface area contributed by atoms with E-state index in [0.717, 1.165) is 65.7 Å². The van der Waals surface area contributed by atoms with Gasteiger partial charge in [0.2, 0.25) is 5.88 Å². The minimum Gasteiger partial charge on any atom is -0.490 e. The Morgan fingerprint density at radius 2 is 1.88 bits per heavy atom. The zero-order valence-electron chi connectivity index (χ0n) is 18.3. The second kappa shape index (κ2) is 9.07. The molecule has 2 aromatic carbocycles. The van der Waals surface area contributed by atoms with Gasteiger partial charge in [0, 0.05) is 18.0 Å². The Morgan fingerprint density at radius 1 is 1.06 bits per heavy atom. The van der Waals surface area contributed by atoms with Crippen LogP contribution in [0.25, 0.3) is 22.0 Å². The fourth-order valence-electron chi connectivity index (χ4n) is 4.51. The van der Waals surface area contributed by atoms with E-state index in [0.29, 0.717) is 19.1 Å². The highest BCUT2D eigenvalue weighted by Gasteiger charge is 2.28. The van der Waals surface area contributed by atoms with E-state index < -0.39 is 0 Å². The van der Waals surface area contributed by atoms with Gasteiger partial charge in [0.25, 0.3) is 0 Å². The van der Waals surface area contributed by atoms with Crippen LogP contribution in [0.3, 0.4) is 0 Å². The molecule has 166 valence electrons. The maximum absolute atomic E-state index is 11.9. The van der Waals surface area contributed by atoms with Gasteiger partial charge in [-0.1, -0.05) is 12.1 Å². The number of hydrogen-bond acceptors (Lipinski definition) is 6. The number of pyridine rings is 1. The van der Waals surface area contributed by atoms with Crippen LogP contribution in [0, 0.1) is 5.92 Å². The Morgan fingerprint density at radius 3 is 2.72 bits per heavy atom. The quantitative estimate of drug-likeness (QED) is 0.559. The lowest BCUT2D eigenvalue weighted by atomic mass is 9.87. The third kappa shape index (κ3) is 4.35. The average molecular weight is 433 g/mol. The first-order valence-electron chi connectivity index (χ1n) is 11.4. The first-order valence-corrected chi connectivity index (χ1v) is 11.4. The minimum atomic E-state index is -0.0765. The van der Waals surface area contributed by atoms with Gasteiger partial charge in [0.1, 0.15) is 18.5 Å². The first-order chi connectivity index (χ1) is 15.7. The molecule has 1 aliphatic carbocycles. The van der Waals surface area contributed by atoms with Crippen molar-refractivity contribution in [3.63, 3.8) is 0 Å². The summed E-state index contributed by atoms with van der Waals surface area (Å²) in [6.45, 7) is 3.81. The molecule has 0 amide bonds. The number of nitrogens with one attached hydrogen (secondary N) is 1. The van der Waals surface area contributed by atoms with Gasteiger partial charge in [-0.3, -0.25) is 4.79 Å². The topological polar surface area (TPSA) is 69.7 Å². The molecule has 0 saturated heterocycles. The number of carbonyl (C=O) groups is 1. The van der Waals surface area contributed by atoms with Crippen molar-refractivity contribution in [2.24, 2.45) is 5.92 Å². The molecule has 5 rings (SSSR count). The van der Waals surface area contributed by atoms with Crippen LogP contribution < -0.4 is 14.8 Å². The molecule has 0 atom stereocenters. The van der Waals surface area contributed by atoms with Crippen LogP contribution in [0.1, 0.15) is 32.6 Å². The molecular formula is C26H28N2O4. The molecule has 1 N–H and O–H groups in total. The van der Waals surface area contributed by atoms with Crippen LogP contribution in [-0.4, -0.2) is 36.8 Å². The molecule has 32 heavy (non-hydrogen) atoms. The summed E-state index contributed by atoms with van der Waals surface area (Å²) in [5.74, 6) is 1.46. The molecule has 2 aliphatic rings. The number of carbonyl (C=O) groups excluding carboxylic acids is 1. The van der Waals surface area contributed by atoms with E-state index in [4.69, 9.17) is 19.2 Å². The molecule has 3 aromatic rings. The number of esters is 1. The van der Waals surface area contributed by atoms with Gasteiger partial charge in [0.15, 0.2) is 0 Å². The molecule has 1 fully saturated rings. The monoisotopic (exact) mass is 432 g/mol. The lowest BCUT2D eigenvalue weighted by Crippen LogP contribution is -2.29. The third-order valence-electron chi connectivity index (χ3n) is 6.24. The van der Waals surface area contributed by atoms with E-state index in [9.17, 15) is 4.79 Å². The highest BCUT2D eigenvalue weighted by Crippen LogP contribution is 2.34. The van der Waals surface area contributed by atoms with Gasteiger partial charge in [0.05, 0.1) is 23.7 Å². The molecule has 1 aromatic heterocycles. The summed E-state index contributed by atoms with van der Waals surface area (Å²) < 4.78 is 17.1. The maximum Gasteiger partial charge on any atom is 0.308 e. The summed E-state index contributed by atoms with van der Waals surface area (Å²) in [4.78, 5) is 16.6. The fraction of sp³-hybridized carbons (Fsp3) is 0.385. The highest BCUT2D eigenvalue weighted by molar-refractivity contribution is 5.85. The summed E-state index contributed by atoms with van der Waals surface area (Å²) >= 11 is 0. The summed E-state index contributed by atoms with van der Waals surface area (Å²) in [7, 11) is 0. The number of aromatic nitrogens is 1. The second-order valence-electron chi connectivity index (χ2n) is 8.39. The SMILES string of the molecule is CCOC(=O)C1CCC(Oc2ccc3cc(-c4ccc5c(c4)OCCN5)ccc3n2)CC1. The molecule has 0 radical (unpaired) electrons. The lowest BCUT2D eigenvalue weighted by Gasteiger charge is -2.27. The molecular weight excluding hydrogens is 404 g/mol. The molecule has 0 bridgehead atoms. The van der Waals surface area contributed by atoms with Gasteiger partial charge in [-0.2, -0.15) is 0 Å². The number of benzene rings is 2. The Kier molecular flexibility index (Phi) is 5.84. The number of ether oxygens (including phenoxy) is 3. The van der Waals surface area contributed by atoms with Crippen molar-refractivity contribution >= 4 is 22.6 Å². The van der Waals surface area contributed by atoms with Gasteiger partial charge in [-0.15, -0.1) is 0 Å². The molecule has 0 unspecified atom stereocenters. The normalized spacial score (nSPS) is 20.0. The second-order valence-corrected chi connectivity index (χ2v) is 8.39. The zero-order chi connectivity index (χ0) is 21.9. The Labute approximate surface area is 187 Å². The summed E-state index contributed by atoms with van der Waals surface area (Å²) in [5, 5.41) is 4.42. The van der Waals surface area contributed by atoms with Crippen LogP contribution >= 0.6 is 0 Å². The summed E-state index contributed by atoms with van der Waals surface area (Å²) in [6, 6.07) is 16.5. The van der Waals surface area contributed by atoms with E-state index in [-0.39, 0.29) is 18.0 Å². The van der Waals surface area contributed by atoms with Crippen LogP contribution in [-0.2, 0) is 9.53 Å². The highest BCUT2D eigenvalue weighted by atomic mass is 16.5. The number of hydrogen-bond donors (Lipinski definition) is 1. The Bertz CT molecular complexity index is 1120. The Balaban J connectivity index is 1.27. The van der Waals surface area contributed by atoms with Gasteiger partial charge >= 0.3 is 5.97 Å².